The van der Waals surface area contributed by atoms with E-state index in [2.05, 4.69) is 44.3 Å². The fourth-order valence-electron chi connectivity index (χ4n) is 2.84. The number of nitrogens with one attached hydrogen (secondary N) is 1. The summed E-state index contributed by atoms with van der Waals surface area (Å²) >= 11 is 0. The van der Waals surface area contributed by atoms with Gasteiger partial charge in [-0.25, -0.2) is 4.79 Å². The maximum absolute atomic E-state index is 12.0. The zero-order valence-electron chi connectivity index (χ0n) is 12.9. The number of likely N-dealkylation sites (N-methyl/N-ethyl adjacent to an activating group) is 2. The molecule has 2 amide bonds. The van der Waals surface area contributed by atoms with E-state index in [9.17, 15) is 4.79 Å². The van der Waals surface area contributed by atoms with Gasteiger partial charge in [0.25, 0.3) is 0 Å². The molecule has 0 saturated carbocycles. The van der Waals surface area contributed by atoms with Gasteiger partial charge in [-0.2, -0.15) is 0 Å². The lowest BCUT2D eigenvalue weighted by molar-refractivity contribution is 0.194. The standard InChI is InChI=1S/C16H25N3O/c1-5-17-15(11-19-7-6-18(4)16(19)20)14-9-12(2)8-13(3)10-14/h8-10,15,17H,5-7,11H2,1-4H3. The maximum Gasteiger partial charge on any atom is 0.319 e. The molecular formula is C16H25N3O. The van der Waals surface area contributed by atoms with Crippen molar-refractivity contribution < 1.29 is 4.79 Å². The van der Waals surface area contributed by atoms with Gasteiger partial charge in [0, 0.05) is 32.7 Å². The zero-order chi connectivity index (χ0) is 14.7. The minimum Gasteiger partial charge on any atom is -0.326 e. The fourth-order valence-corrected chi connectivity index (χ4v) is 2.84. The molecule has 1 aliphatic heterocycles. The molecule has 1 aromatic rings. The van der Waals surface area contributed by atoms with Crippen LogP contribution < -0.4 is 5.32 Å². The number of hydrogen-bond acceptors (Lipinski definition) is 2. The van der Waals surface area contributed by atoms with E-state index in [0.29, 0.717) is 0 Å². The summed E-state index contributed by atoms with van der Waals surface area (Å²) in [7, 11) is 1.86. The van der Waals surface area contributed by atoms with Crippen molar-refractivity contribution >= 4 is 6.03 Å². The first-order chi connectivity index (χ1) is 9.51. The third-order valence-electron chi connectivity index (χ3n) is 3.80. The minimum atomic E-state index is 0.136. The van der Waals surface area contributed by atoms with Gasteiger partial charge in [-0.15, -0.1) is 0 Å². The third kappa shape index (κ3) is 3.31. The van der Waals surface area contributed by atoms with Crippen LogP contribution in [0.4, 0.5) is 4.79 Å². The van der Waals surface area contributed by atoms with Gasteiger partial charge in [-0.05, 0) is 26.0 Å². The predicted octanol–water partition coefficient (Wildman–Crippen LogP) is 2.32. The summed E-state index contributed by atoms with van der Waals surface area (Å²) in [5.74, 6) is 0. The lowest BCUT2D eigenvalue weighted by atomic mass is 10.0. The van der Waals surface area contributed by atoms with Crippen LogP contribution in [0.1, 0.15) is 29.7 Å². The monoisotopic (exact) mass is 275 g/mol. The Hall–Kier alpha value is -1.55. The minimum absolute atomic E-state index is 0.136. The smallest absolute Gasteiger partial charge is 0.319 e. The third-order valence-corrected chi connectivity index (χ3v) is 3.80. The van der Waals surface area contributed by atoms with Gasteiger partial charge in [-0.3, -0.25) is 0 Å². The van der Waals surface area contributed by atoms with Crippen molar-refractivity contribution in [1.29, 1.82) is 0 Å². The van der Waals surface area contributed by atoms with Gasteiger partial charge in [0.15, 0.2) is 0 Å². The van der Waals surface area contributed by atoms with Crippen molar-refractivity contribution in [3.63, 3.8) is 0 Å². The Morgan fingerprint density at radius 1 is 1.20 bits per heavy atom. The molecule has 0 bridgehead atoms. The second-order valence-corrected chi connectivity index (χ2v) is 5.68. The van der Waals surface area contributed by atoms with Gasteiger partial charge in [-0.1, -0.05) is 36.2 Å². The number of rotatable bonds is 5. The van der Waals surface area contributed by atoms with E-state index in [4.69, 9.17) is 0 Å². The number of nitrogens with zero attached hydrogens (tertiary/aromatic N) is 2. The van der Waals surface area contributed by atoms with Crippen molar-refractivity contribution in [2.75, 3.05) is 33.2 Å². The highest BCUT2D eigenvalue weighted by atomic mass is 16.2. The number of urea groups is 1. The van der Waals surface area contributed by atoms with E-state index in [1.807, 2.05) is 11.9 Å². The summed E-state index contributed by atoms with van der Waals surface area (Å²) in [6, 6.07) is 6.95. The number of carbonyl (C=O) groups excluding carboxylic acids is 1. The SMILES string of the molecule is CCNC(CN1CCN(C)C1=O)c1cc(C)cc(C)c1. The molecule has 1 atom stereocenters. The van der Waals surface area contributed by atoms with Crippen molar-refractivity contribution in [2.24, 2.45) is 0 Å². The van der Waals surface area contributed by atoms with Crippen LogP contribution in [0.2, 0.25) is 0 Å². The Kier molecular flexibility index (Phi) is 4.65. The average Bonchev–Trinajstić information content (AvgIpc) is 2.69. The van der Waals surface area contributed by atoms with Crippen LogP contribution in [-0.2, 0) is 0 Å². The topological polar surface area (TPSA) is 35.6 Å². The molecule has 1 aliphatic rings. The summed E-state index contributed by atoms with van der Waals surface area (Å²) < 4.78 is 0. The van der Waals surface area contributed by atoms with Crippen molar-refractivity contribution in [2.45, 2.75) is 26.8 Å². The molecule has 1 heterocycles. The maximum atomic E-state index is 12.0. The van der Waals surface area contributed by atoms with Crippen molar-refractivity contribution in [3.8, 4) is 0 Å². The van der Waals surface area contributed by atoms with E-state index in [1.54, 1.807) is 4.90 Å². The van der Waals surface area contributed by atoms with Crippen LogP contribution >= 0.6 is 0 Å². The summed E-state index contributed by atoms with van der Waals surface area (Å²) in [5.41, 5.74) is 3.81. The average molecular weight is 275 g/mol. The highest BCUT2D eigenvalue weighted by molar-refractivity contribution is 5.76. The molecule has 1 saturated heterocycles. The fraction of sp³-hybridized carbons (Fsp3) is 0.562. The normalized spacial score (nSPS) is 16.9. The molecule has 0 aromatic heterocycles. The quantitative estimate of drug-likeness (QED) is 0.895. The molecule has 1 unspecified atom stereocenters. The molecule has 0 radical (unpaired) electrons. The van der Waals surface area contributed by atoms with E-state index in [-0.39, 0.29) is 12.1 Å². The van der Waals surface area contributed by atoms with E-state index < -0.39 is 0 Å². The van der Waals surface area contributed by atoms with Crippen LogP contribution in [0.15, 0.2) is 18.2 Å². The first kappa shape index (κ1) is 14.9. The Labute approximate surface area is 121 Å². The summed E-state index contributed by atoms with van der Waals surface area (Å²) in [4.78, 5) is 15.8. The van der Waals surface area contributed by atoms with Crippen LogP contribution in [0.5, 0.6) is 0 Å². The van der Waals surface area contributed by atoms with Crippen molar-refractivity contribution in [1.82, 2.24) is 15.1 Å². The van der Waals surface area contributed by atoms with Gasteiger partial charge in [0.05, 0.1) is 0 Å². The molecule has 1 fully saturated rings. The predicted molar refractivity (Wildman–Crippen MR) is 81.9 cm³/mol. The second kappa shape index (κ2) is 6.27. The lowest BCUT2D eigenvalue weighted by Crippen LogP contribution is -2.37. The van der Waals surface area contributed by atoms with E-state index >= 15 is 0 Å². The number of benzene rings is 1. The highest BCUT2D eigenvalue weighted by Gasteiger charge is 2.27. The number of aryl methyl sites for hydroxylation is 2. The van der Waals surface area contributed by atoms with Gasteiger partial charge in [0.2, 0.25) is 0 Å². The Morgan fingerprint density at radius 3 is 2.35 bits per heavy atom. The Morgan fingerprint density at radius 2 is 1.85 bits per heavy atom. The second-order valence-electron chi connectivity index (χ2n) is 5.68. The molecule has 0 aliphatic carbocycles. The molecule has 2 rings (SSSR count). The van der Waals surface area contributed by atoms with E-state index in [1.165, 1.54) is 16.7 Å². The number of hydrogen-bond donors (Lipinski definition) is 1. The molecule has 110 valence electrons. The summed E-state index contributed by atoms with van der Waals surface area (Å²) in [6.45, 7) is 9.62. The lowest BCUT2D eigenvalue weighted by Gasteiger charge is -2.25. The summed E-state index contributed by atoms with van der Waals surface area (Å²) in [6.07, 6.45) is 0. The van der Waals surface area contributed by atoms with Gasteiger partial charge < -0.3 is 15.1 Å². The highest BCUT2D eigenvalue weighted by Crippen LogP contribution is 2.20. The molecule has 20 heavy (non-hydrogen) atoms. The summed E-state index contributed by atoms with van der Waals surface area (Å²) in [5, 5.41) is 3.50. The van der Waals surface area contributed by atoms with Crippen LogP contribution in [0, 0.1) is 13.8 Å². The molecule has 0 spiro atoms. The largest absolute Gasteiger partial charge is 0.326 e. The molecule has 1 N–H and O–H groups in total. The van der Waals surface area contributed by atoms with Crippen molar-refractivity contribution in [3.05, 3.63) is 34.9 Å². The number of amides is 2. The number of carbonyl (C=O) groups is 1. The zero-order valence-corrected chi connectivity index (χ0v) is 12.9. The molecule has 1 aromatic carbocycles. The van der Waals surface area contributed by atoms with Crippen LogP contribution in [0.3, 0.4) is 0 Å². The van der Waals surface area contributed by atoms with Gasteiger partial charge >= 0.3 is 6.03 Å². The first-order valence-electron chi connectivity index (χ1n) is 7.33. The van der Waals surface area contributed by atoms with E-state index in [0.717, 1.165) is 26.2 Å². The van der Waals surface area contributed by atoms with Crippen LogP contribution in [0.25, 0.3) is 0 Å². The molecule has 4 nitrogen and oxygen atoms in total. The Balaban J connectivity index is 2.16. The van der Waals surface area contributed by atoms with Gasteiger partial charge in [0.1, 0.15) is 0 Å². The Bertz CT molecular complexity index is 466. The molecule has 4 heteroatoms. The first-order valence-corrected chi connectivity index (χ1v) is 7.33. The van der Waals surface area contributed by atoms with Crippen LogP contribution in [-0.4, -0.2) is 49.1 Å². The molecular weight excluding hydrogens is 250 g/mol.